The molecule has 0 unspecified atom stereocenters. The van der Waals surface area contributed by atoms with E-state index in [-0.39, 0.29) is 15.3 Å². The van der Waals surface area contributed by atoms with Crippen molar-refractivity contribution in [1.82, 2.24) is 0 Å². The molecule has 0 amide bonds. The lowest BCUT2D eigenvalue weighted by Crippen LogP contribution is -2.17. The second-order valence-electron chi connectivity index (χ2n) is 8.10. The van der Waals surface area contributed by atoms with Crippen LogP contribution in [0.3, 0.4) is 0 Å². The summed E-state index contributed by atoms with van der Waals surface area (Å²) >= 11 is 11.6. The molecule has 1 N–H and O–H groups in total. The number of hydrogen-bond acceptors (Lipinski definition) is 2. The van der Waals surface area contributed by atoms with E-state index in [1.807, 2.05) is 12.1 Å². The highest BCUT2D eigenvalue weighted by Gasteiger charge is 2.26. The lowest BCUT2D eigenvalue weighted by molar-refractivity contribution is 0.313. The summed E-state index contributed by atoms with van der Waals surface area (Å²) in [5.74, 6) is 1.21. The van der Waals surface area contributed by atoms with Crippen LogP contribution in [0.15, 0.2) is 12.1 Å². The van der Waals surface area contributed by atoms with Crippen molar-refractivity contribution in [3.63, 3.8) is 0 Å². The molecule has 0 heterocycles. The fourth-order valence-electron chi connectivity index (χ4n) is 2.43. The zero-order chi connectivity index (χ0) is 17.8. The predicted octanol–water partition coefficient (Wildman–Crippen LogP) is 5.10. The van der Waals surface area contributed by atoms with Crippen molar-refractivity contribution >= 4 is 32.7 Å². The lowest BCUT2D eigenvalue weighted by Gasteiger charge is -2.28. The maximum atomic E-state index is 10.7. The Kier molecular flexibility index (Phi) is 7.30. The van der Waals surface area contributed by atoms with Crippen LogP contribution in [0.1, 0.15) is 59.1 Å². The molecular weight excluding hydrogens is 347 g/mol. The molecular formula is C18H30Cl2O2Si. The smallest absolute Gasteiger partial charge is 0.123 e. The van der Waals surface area contributed by atoms with Crippen LogP contribution in [0.25, 0.3) is 0 Å². The fraction of sp³-hybridized carbons (Fsp3) is 0.667. The molecule has 5 heteroatoms. The lowest BCUT2D eigenvalue weighted by atomic mass is 9.79. The highest BCUT2D eigenvalue weighted by Crippen LogP contribution is 2.41. The maximum Gasteiger partial charge on any atom is 0.123 e. The number of alkyl halides is 2. The highest BCUT2D eigenvalue weighted by molar-refractivity contribution is 6.68. The van der Waals surface area contributed by atoms with Crippen LogP contribution >= 0.6 is 23.2 Å². The van der Waals surface area contributed by atoms with Crippen LogP contribution in [-0.2, 0) is 10.8 Å². The van der Waals surface area contributed by atoms with Gasteiger partial charge in [-0.25, -0.2) is 0 Å². The molecule has 2 nitrogen and oxygen atoms in total. The first-order valence-corrected chi connectivity index (χ1v) is 10.9. The molecule has 0 atom stereocenters. The summed E-state index contributed by atoms with van der Waals surface area (Å²) in [5.41, 5.74) is 1.58. The van der Waals surface area contributed by atoms with Gasteiger partial charge in [-0.3, -0.25) is 0 Å². The van der Waals surface area contributed by atoms with Gasteiger partial charge in [-0.2, -0.15) is 0 Å². The summed E-state index contributed by atoms with van der Waals surface area (Å²) in [7, 11) is -0.410. The third-order valence-electron chi connectivity index (χ3n) is 3.78. The molecule has 0 aliphatic rings. The molecule has 0 saturated heterocycles. The van der Waals surface area contributed by atoms with E-state index < -0.39 is 9.52 Å². The molecule has 23 heavy (non-hydrogen) atoms. The van der Waals surface area contributed by atoms with Gasteiger partial charge >= 0.3 is 0 Å². The van der Waals surface area contributed by atoms with Crippen molar-refractivity contribution in [3.05, 3.63) is 23.3 Å². The van der Waals surface area contributed by atoms with E-state index >= 15 is 0 Å². The Morgan fingerprint density at radius 1 is 1.04 bits per heavy atom. The molecule has 0 aromatic heterocycles. The zero-order valence-corrected chi connectivity index (χ0v) is 18.1. The molecule has 0 fully saturated rings. The predicted molar refractivity (Wildman–Crippen MR) is 104 cm³/mol. The molecule has 1 rings (SSSR count). The van der Waals surface area contributed by atoms with Crippen LogP contribution in [0.5, 0.6) is 11.5 Å². The quantitative estimate of drug-likeness (QED) is 0.424. The monoisotopic (exact) mass is 376 g/mol. The topological polar surface area (TPSA) is 29.5 Å². The molecule has 0 aliphatic heterocycles. The van der Waals surface area contributed by atoms with E-state index in [0.29, 0.717) is 12.4 Å². The van der Waals surface area contributed by atoms with E-state index in [1.54, 1.807) is 0 Å². The standard InChI is InChI=1S/C18H30Cl2O2Si/c1-17(2,3)13-10-12(22-8-7-9-23-16(19)20)11-14(15(13)21)18(4,5)6/h10-11,16,21H,7-9,23H2,1-6H3. The van der Waals surface area contributed by atoms with Gasteiger partial charge in [0.2, 0.25) is 0 Å². The van der Waals surface area contributed by atoms with E-state index in [4.69, 9.17) is 27.9 Å². The van der Waals surface area contributed by atoms with Crippen molar-refractivity contribution < 1.29 is 9.84 Å². The minimum Gasteiger partial charge on any atom is -0.507 e. The van der Waals surface area contributed by atoms with Crippen LogP contribution in [-0.4, -0.2) is 25.7 Å². The van der Waals surface area contributed by atoms with Crippen molar-refractivity contribution in [2.45, 2.75) is 69.3 Å². The molecule has 0 bridgehead atoms. The van der Waals surface area contributed by atoms with Crippen molar-refractivity contribution in [2.24, 2.45) is 0 Å². The molecule has 0 saturated carbocycles. The largest absolute Gasteiger partial charge is 0.507 e. The van der Waals surface area contributed by atoms with Gasteiger partial charge in [0.25, 0.3) is 0 Å². The number of phenolic OH excluding ortho intramolecular Hbond substituents is 1. The first kappa shape index (κ1) is 20.7. The number of benzene rings is 1. The van der Waals surface area contributed by atoms with Crippen LogP contribution < -0.4 is 4.74 Å². The number of aromatic hydroxyl groups is 1. The average molecular weight is 377 g/mol. The molecule has 0 radical (unpaired) electrons. The van der Waals surface area contributed by atoms with Crippen molar-refractivity contribution in [1.29, 1.82) is 0 Å². The summed E-state index contributed by atoms with van der Waals surface area (Å²) in [5, 5.41) is 10.7. The van der Waals surface area contributed by atoms with Crippen LogP contribution in [0.4, 0.5) is 0 Å². The molecule has 132 valence electrons. The Balaban J connectivity index is 2.96. The molecule has 1 aromatic carbocycles. The van der Waals surface area contributed by atoms with E-state index in [9.17, 15) is 5.11 Å². The number of rotatable bonds is 6. The third kappa shape index (κ3) is 6.56. The van der Waals surface area contributed by atoms with Crippen molar-refractivity contribution in [2.75, 3.05) is 6.61 Å². The van der Waals surface area contributed by atoms with Crippen LogP contribution in [0, 0.1) is 0 Å². The Hall–Kier alpha value is -0.383. The van der Waals surface area contributed by atoms with Gasteiger partial charge < -0.3 is 9.84 Å². The van der Waals surface area contributed by atoms with Crippen molar-refractivity contribution in [3.8, 4) is 11.5 Å². The summed E-state index contributed by atoms with van der Waals surface area (Å²) < 4.78 is 5.78. The van der Waals surface area contributed by atoms with Gasteiger partial charge in [0.05, 0.1) is 20.6 Å². The minimum atomic E-state index is -0.410. The number of ether oxygens (including phenoxy) is 1. The Labute approximate surface area is 153 Å². The third-order valence-corrected chi connectivity index (χ3v) is 6.44. The van der Waals surface area contributed by atoms with E-state index in [0.717, 1.165) is 29.3 Å². The van der Waals surface area contributed by atoms with Gasteiger partial charge in [-0.1, -0.05) is 47.6 Å². The maximum absolute atomic E-state index is 10.7. The first-order chi connectivity index (χ1) is 10.4. The Morgan fingerprint density at radius 3 is 1.91 bits per heavy atom. The molecule has 0 spiro atoms. The Bertz CT molecular complexity index is 482. The second-order valence-corrected chi connectivity index (χ2v) is 12.5. The second kappa shape index (κ2) is 8.13. The summed E-state index contributed by atoms with van der Waals surface area (Å²) in [6, 6.07) is 5.01. The Morgan fingerprint density at radius 2 is 1.52 bits per heavy atom. The van der Waals surface area contributed by atoms with Gasteiger partial charge in [0.15, 0.2) is 0 Å². The van der Waals surface area contributed by atoms with Crippen LogP contribution in [0.2, 0.25) is 6.04 Å². The molecule has 0 aliphatic carbocycles. The zero-order valence-electron chi connectivity index (χ0n) is 15.2. The first-order valence-electron chi connectivity index (χ1n) is 8.22. The van der Waals surface area contributed by atoms with E-state index in [1.165, 1.54) is 0 Å². The van der Waals surface area contributed by atoms with Gasteiger partial charge in [-0.05, 0) is 29.4 Å². The highest BCUT2D eigenvalue weighted by atomic mass is 35.5. The molecule has 1 aromatic rings. The summed E-state index contributed by atoms with van der Waals surface area (Å²) in [6.45, 7) is 13.3. The van der Waals surface area contributed by atoms with E-state index in [2.05, 4.69) is 41.5 Å². The SMILES string of the molecule is CC(C)(C)c1cc(OCCC[SiH2]C(Cl)Cl)cc(C(C)(C)C)c1O. The van der Waals surface area contributed by atoms with Gasteiger partial charge in [0.1, 0.15) is 11.5 Å². The van der Waals surface area contributed by atoms with Gasteiger partial charge in [-0.15, -0.1) is 23.2 Å². The summed E-state index contributed by atoms with van der Waals surface area (Å²) in [4.78, 5) is 0. The van der Waals surface area contributed by atoms with Gasteiger partial charge in [0, 0.05) is 11.1 Å². The number of hydrogen-bond donors (Lipinski definition) is 1. The average Bonchev–Trinajstić information content (AvgIpc) is 2.36. The number of halogens is 2. The number of phenols is 1. The normalized spacial score (nSPS) is 13.3. The fourth-order valence-corrected chi connectivity index (χ4v) is 4.15. The summed E-state index contributed by atoms with van der Waals surface area (Å²) in [6.07, 6.45) is 0.971. The minimum absolute atomic E-state index is 0.138.